The molecule has 1 atom stereocenters. The highest BCUT2D eigenvalue weighted by molar-refractivity contribution is 6.10. The number of carbonyl (C=O) groups excluding carboxylic acids is 1. The molecule has 0 fully saturated rings. The highest BCUT2D eigenvalue weighted by atomic mass is 16.5. The Labute approximate surface area is 112 Å². The molecule has 0 saturated heterocycles. The Balaban J connectivity index is 2.21. The fourth-order valence-electron chi connectivity index (χ4n) is 2.12. The highest BCUT2D eigenvalue weighted by Gasteiger charge is 2.17. The summed E-state index contributed by atoms with van der Waals surface area (Å²) in [5.41, 5.74) is 6.63. The van der Waals surface area contributed by atoms with E-state index in [1.165, 1.54) is 0 Å². The number of hydrogen-bond donors (Lipinski definition) is 1. The number of nitrogens with two attached hydrogens (primary N) is 1. The minimum absolute atomic E-state index is 0.0205. The molecule has 0 saturated carbocycles. The van der Waals surface area contributed by atoms with E-state index in [1.807, 2.05) is 24.3 Å². The predicted octanol–water partition coefficient (Wildman–Crippen LogP) is 2.17. The average Bonchev–Trinajstić information content (AvgIpc) is 2.46. The molecule has 2 N–H and O–H groups in total. The molecular weight excluding hydrogens is 240 g/mol. The monoisotopic (exact) mass is 258 g/mol. The van der Waals surface area contributed by atoms with Crippen molar-refractivity contribution in [1.29, 1.82) is 0 Å². The maximum atomic E-state index is 12.4. The SMILES string of the molecule is COCCCC(N)C(=O)c1cccc2cnccc12. The Morgan fingerprint density at radius 1 is 1.42 bits per heavy atom. The first kappa shape index (κ1) is 13.6. The van der Waals surface area contributed by atoms with Gasteiger partial charge in [-0.05, 0) is 24.3 Å². The molecule has 4 heteroatoms. The second kappa shape index (κ2) is 6.41. The quantitative estimate of drug-likeness (QED) is 0.637. The van der Waals surface area contributed by atoms with Gasteiger partial charge < -0.3 is 10.5 Å². The number of fused-ring (bicyclic) bond motifs is 1. The number of rotatable bonds is 6. The fraction of sp³-hybridized carbons (Fsp3) is 0.333. The van der Waals surface area contributed by atoms with Crippen molar-refractivity contribution < 1.29 is 9.53 Å². The van der Waals surface area contributed by atoms with Crippen LogP contribution in [0.4, 0.5) is 0 Å². The van der Waals surface area contributed by atoms with Crippen molar-refractivity contribution in [2.45, 2.75) is 18.9 Å². The summed E-state index contributed by atoms with van der Waals surface area (Å²) in [5.74, 6) is -0.0205. The van der Waals surface area contributed by atoms with Gasteiger partial charge in [0.25, 0.3) is 0 Å². The first-order valence-electron chi connectivity index (χ1n) is 6.35. The van der Waals surface area contributed by atoms with E-state index in [0.29, 0.717) is 18.6 Å². The summed E-state index contributed by atoms with van der Waals surface area (Å²) in [6, 6.07) is 6.99. The number of aromatic nitrogens is 1. The zero-order chi connectivity index (χ0) is 13.7. The minimum atomic E-state index is -0.478. The van der Waals surface area contributed by atoms with Crippen molar-refractivity contribution >= 4 is 16.6 Å². The van der Waals surface area contributed by atoms with E-state index in [1.54, 1.807) is 19.5 Å². The molecular formula is C15H18N2O2. The van der Waals surface area contributed by atoms with E-state index in [2.05, 4.69) is 4.98 Å². The number of hydrogen-bond acceptors (Lipinski definition) is 4. The van der Waals surface area contributed by atoms with Gasteiger partial charge in [0, 0.05) is 37.1 Å². The normalized spacial score (nSPS) is 12.5. The maximum Gasteiger partial charge on any atom is 0.180 e. The number of ketones is 1. The van der Waals surface area contributed by atoms with Crippen LogP contribution in [0.15, 0.2) is 36.7 Å². The van der Waals surface area contributed by atoms with Crippen molar-refractivity contribution in [1.82, 2.24) is 4.98 Å². The molecule has 0 bridgehead atoms. The van der Waals surface area contributed by atoms with Crippen LogP contribution in [0.3, 0.4) is 0 Å². The van der Waals surface area contributed by atoms with Crippen LogP contribution in [0, 0.1) is 0 Å². The molecule has 100 valence electrons. The van der Waals surface area contributed by atoms with E-state index in [4.69, 9.17) is 10.5 Å². The summed E-state index contributed by atoms with van der Waals surface area (Å²) in [5, 5.41) is 1.86. The molecule has 1 unspecified atom stereocenters. The Kier molecular flexibility index (Phi) is 4.60. The maximum absolute atomic E-state index is 12.4. The summed E-state index contributed by atoms with van der Waals surface area (Å²) >= 11 is 0. The standard InChI is InChI=1S/C15H18N2O2/c1-19-9-3-6-14(16)15(18)13-5-2-4-11-10-17-8-7-12(11)13/h2,4-5,7-8,10,14H,3,6,9,16H2,1H3. The van der Waals surface area contributed by atoms with Crippen molar-refractivity contribution in [2.24, 2.45) is 5.73 Å². The Morgan fingerprint density at radius 2 is 2.26 bits per heavy atom. The van der Waals surface area contributed by atoms with Crippen LogP contribution in [0.5, 0.6) is 0 Å². The third-order valence-corrected chi connectivity index (χ3v) is 3.15. The minimum Gasteiger partial charge on any atom is -0.385 e. The van der Waals surface area contributed by atoms with E-state index in [-0.39, 0.29) is 5.78 Å². The van der Waals surface area contributed by atoms with Crippen LogP contribution in [0.1, 0.15) is 23.2 Å². The lowest BCUT2D eigenvalue weighted by molar-refractivity contribution is 0.0952. The van der Waals surface area contributed by atoms with Gasteiger partial charge in [-0.25, -0.2) is 0 Å². The smallest absolute Gasteiger partial charge is 0.180 e. The molecule has 1 aromatic carbocycles. The lowest BCUT2D eigenvalue weighted by atomic mass is 9.97. The van der Waals surface area contributed by atoms with Crippen LogP contribution in [0.25, 0.3) is 10.8 Å². The molecule has 0 aliphatic carbocycles. The number of methoxy groups -OCH3 is 1. The first-order valence-corrected chi connectivity index (χ1v) is 6.35. The topological polar surface area (TPSA) is 65.2 Å². The van der Waals surface area contributed by atoms with E-state index in [9.17, 15) is 4.79 Å². The van der Waals surface area contributed by atoms with E-state index >= 15 is 0 Å². The average molecular weight is 258 g/mol. The van der Waals surface area contributed by atoms with Gasteiger partial charge in [-0.1, -0.05) is 18.2 Å². The summed E-state index contributed by atoms with van der Waals surface area (Å²) in [6.07, 6.45) is 4.86. The predicted molar refractivity (Wildman–Crippen MR) is 75.2 cm³/mol. The molecule has 4 nitrogen and oxygen atoms in total. The lowest BCUT2D eigenvalue weighted by Crippen LogP contribution is -2.30. The second-order valence-electron chi connectivity index (χ2n) is 4.51. The van der Waals surface area contributed by atoms with Gasteiger partial charge >= 0.3 is 0 Å². The van der Waals surface area contributed by atoms with Crippen LogP contribution in [0.2, 0.25) is 0 Å². The molecule has 2 aromatic rings. The van der Waals surface area contributed by atoms with Gasteiger partial charge in [0.1, 0.15) is 0 Å². The number of nitrogens with zero attached hydrogens (tertiary/aromatic N) is 1. The van der Waals surface area contributed by atoms with E-state index < -0.39 is 6.04 Å². The molecule has 0 amide bonds. The summed E-state index contributed by atoms with van der Waals surface area (Å²) in [7, 11) is 1.64. The van der Waals surface area contributed by atoms with Crippen molar-refractivity contribution in [3.63, 3.8) is 0 Å². The molecule has 0 aliphatic heterocycles. The number of Topliss-reactive ketones (excluding diaryl/α,β-unsaturated/α-hetero) is 1. The molecule has 0 spiro atoms. The summed E-state index contributed by atoms with van der Waals surface area (Å²) in [6.45, 7) is 0.625. The second-order valence-corrected chi connectivity index (χ2v) is 4.51. The Hall–Kier alpha value is -1.78. The van der Waals surface area contributed by atoms with Gasteiger partial charge in [-0.3, -0.25) is 9.78 Å². The van der Waals surface area contributed by atoms with Crippen LogP contribution in [-0.2, 0) is 4.74 Å². The van der Waals surface area contributed by atoms with Gasteiger partial charge in [0.05, 0.1) is 6.04 Å². The fourth-order valence-corrected chi connectivity index (χ4v) is 2.12. The number of pyridine rings is 1. The highest BCUT2D eigenvalue weighted by Crippen LogP contribution is 2.19. The van der Waals surface area contributed by atoms with Crippen molar-refractivity contribution in [3.8, 4) is 0 Å². The lowest BCUT2D eigenvalue weighted by Gasteiger charge is -2.12. The Bertz CT molecular complexity index is 564. The third-order valence-electron chi connectivity index (χ3n) is 3.15. The van der Waals surface area contributed by atoms with Gasteiger partial charge in [0.2, 0.25) is 0 Å². The van der Waals surface area contributed by atoms with Crippen LogP contribution >= 0.6 is 0 Å². The zero-order valence-electron chi connectivity index (χ0n) is 11.0. The molecule has 2 rings (SSSR count). The first-order chi connectivity index (χ1) is 9.24. The van der Waals surface area contributed by atoms with Gasteiger partial charge in [-0.15, -0.1) is 0 Å². The summed E-state index contributed by atoms with van der Waals surface area (Å²) < 4.78 is 4.97. The molecule has 0 radical (unpaired) electrons. The van der Waals surface area contributed by atoms with Crippen molar-refractivity contribution in [3.05, 3.63) is 42.2 Å². The van der Waals surface area contributed by atoms with Crippen molar-refractivity contribution in [2.75, 3.05) is 13.7 Å². The molecule has 19 heavy (non-hydrogen) atoms. The number of ether oxygens (including phenoxy) is 1. The van der Waals surface area contributed by atoms with Crippen LogP contribution < -0.4 is 5.73 Å². The molecule has 1 heterocycles. The Morgan fingerprint density at radius 3 is 3.05 bits per heavy atom. The zero-order valence-corrected chi connectivity index (χ0v) is 11.0. The van der Waals surface area contributed by atoms with Gasteiger partial charge in [0.15, 0.2) is 5.78 Å². The molecule has 1 aromatic heterocycles. The van der Waals surface area contributed by atoms with Crippen LogP contribution in [-0.4, -0.2) is 30.5 Å². The largest absolute Gasteiger partial charge is 0.385 e. The number of carbonyl (C=O) groups is 1. The van der Waals surface area contributed by atoms with E-state index in [0.717, 1.165) is 17.2 Å². The summed E-state index contributed by atoms with van der Waals surface area (Å²) in [4.78, 5) is 16.4. The number of benzene rings is 1. The van der Waals surface area contributed by atoms with Gasteiger partial charge in [-0.2, -0.15) is 0 Å². The molecule has 0 aliphatic rings. The third kappa shape index (κ3) is 3.16.